The second-order valence-corrected chi connectivity index (χ2v) is 6.01. The van der Waals surface area contributed by atoms with Gasteiger partial charge in [0, 0.05) is 11.9 Å². The lowest BCUT2D eigenvalue weighted by Gasteiger charge is -2.15. The van der Waals surface area contributed by atoms with Gasteiger partial charge in [-0.2, -0.15) is 4.98 Å². The van der Waals surface area contributed by atoms with Crippen LogP contribution >= 0.6 is 23.2 Å². The van der Waals surface area contributed by atoms with Crippen LogP contribution in [0.4, 0.5) is 21.8 Å². The van der Waals surface area contributed by atoms with Crippen LogP contribution in [0.25, 0.3) is 0 Å². The van der Waals surface area contributed by atoms with Crippen LogP contribution < -0.4 is 16.4 Å². The predicted octanol–water partition coefficient (Wildman–Crippen LogP) is 4.42. The number of allylic oxidation sites excluding steroid dienone is 3. The van der Waals surface area contributed by atoms with Crippen molar-refractivity contribution in [2.45, 2.75) is 6.04 Å². The third-order valence-corrected chi connectivity index (χ3v) is 4.15. The zero-order valence-corrected chi connectivity index (χ0v) is 14.4. The number of benzene rings is 1. The fourth-order valence-corrected chi connectivity index (χ4v) is 2.44. The molecule has 5 nitrogen and oxygen atoms in total. The molecule has 0 fully saturated rings. The normalized spacial score (nSPS) is 16.0. The van der Waals surface area contributed by atoms with Gasteiger partial charge < -0.3 is 16.4 Å². The first kappa shape index (κ1) is 17.3. The lowest BCUT2D eigenvalue weighted by Crippen LogP contribution is -2.18. The largest absolute Gasteiger partial charge is 0.404 e. The molecule has 0 radical (unpaired) electrons. The number of nitrogens with one attached hydrogen (secondary N) is 2. The monoisotopic (exact) mass is 377 g/mol. The molecule has 1 aromatic carbocycles. The van der Waals surface area contributed by atoms with Crippen molar-refractivity contribution >= 4 is 40.7 Å². The summed E-state index contributed by atoms with van der Waals surface area (Å²) in [4.78, 5) is 8.12. The SMILES string of the molecule is NC=C1C=CC(Nc2ncc(F)c(Nc3ccc(Cl)c(Cl)c3)n2)C=C1. The molecule has 0 aliphatic heterocycles. The maximum absolute atomic E-state index is 14.0. The first-order valence-electron chi connectivity index (χ1n) is 7.34. The van der Waals surface area contributed by atoms with E-state index in [9.17, 15) is 4.39 Å². The standard InChI is InChI=1S/C17H14Cl2FN5/c18-13-6-5-12(7-14(13)19)23-16-15(20)9-22-17(25-16)24-11-3-1-10(8-21)2-4-11/h1-9,11H,21H2,(H2,22,23,24,25). The highest BCUT2D eigenvalue weighted by molar-refractivity contribution is 6.42. The molecular formula is C17H14Cl2FN5. The second kappa shape index (κ2) is 7.55. The van der Waals surface area contributed by atoms with E-state index >= 15 is 0 Å². The number of nitrogens with zero attached hydrogens (tertiary/aromatic N) is 2. The summed E-state index contributed by atoms with van der Waals surface area (Å²) in [5, 5.41) is 6.72. The summed E-state index contributed by atoms with van der Waals surface area (Å²) in [7, 11) is 0. The van der Waals surface area contributed by atoms with Crippen LogP contribution in [-0.2, 0) is 0 Å². The molecule has 1 heterocycles. The molecule has 25 heavy (non-hydrogen) atoms. The Labute approximate surface area is 154 Å². The second-order valence-electron chi connectivity index (χ2n) is 5.20. The molecule has 1 aromatic heterocycles. The Bertz CT molecular complexity index is 863. The van der Waals surface area contributed by atoms with Crippen molar-refractivity contribution in [1.29, 1.82) is 0 Å². The van der Waals surface area contributed by atoms with Gasteiger partial charge in [0.15, 0.2) is 11.6 Å². The summed E-state index contributed by atoms with van der Waals surface area (Å²) in [6.07, 6.45) is 10.1. The van der Waals surface area contributed by atoms with Crippen molar-refractivity contribution in [2.24, 2.45) is 5.73 Å². The molecule has 2 aromatic rings. The Kier molecular flexibility index (Phi) is 5.21. The van der Waals surface area contributed by atoms with Gasteiger partial charge in [-0.15, -0.1) is 0 Å². The van der Waals surface area contributed by atoms with Crippen LogP contribution in [0.1, 0.15) is 0 Å². The van der Waals surface area contributed by atoms with Crippen molar-refractivity contribution in [1.82, 2.24) is 9.97 Å². The summed E-state index contributed by atoms with van der Waals surface area (Å²) >= 11 is 11.8. The van der Waals surface area contributed by atoms with Gasteiger partial charge in [-0.3, -0.25) is 0 Å². The lowest BCUT2D eigenvalue weighted by atomic mass is 10.1. The Morgan fingerprint density at radius 2 is 1.92 bits per heavy atom. The topological polar surface area (TPSA) is 75.9 Å². The van der Waals surface area contributed by atoms with Gasteiger partial charge in [0.2, 0.25) is 5.95 Å². The smallest absolute Gasteiger partial charge is 0.225 e. The van der Waals surface area contributed by atoms with Crippen molar-refractivity contribution < 1.29 is 4.39 Å². The lowest BCUT2D eigenvalue weighted by molar-refractivity contribution is 0.619. The van der Waals surface area contributed by atoms with E-state index in [1.165, 1.54) is 6.20 Å². The van der Waals surface area contributed by atoms with E-state index < -0.39 is 5.82 Å². The van der Waals surface area contributed by atoms with E-state index in [-0.39, 0.29) is 17.8 Å². The van der Waals surface area contributed by atoms with Gasteiger partial charge in [-0.1, -0.05) is 47.5 Å². The van der Waals surface area contributed by atoms with Crippen LogP contribution in [0.5, 0.6) is 0 Å². The summed E-state index contributed by atoms with van der Waals surface area (Å²) in [6.45, 7) is 0. The van der Waals surface area contributed by atoms with Gasteiger partial charge in [0.25, 0.3) is 0 Å². The molecular weight excluding hydrogens is 364 g/mol. The van der Waals surface area contributed by atoms with Gasteiger partial charge in [0.1, 0.15) is 0 Å². The number of hydrogen-bond acceptors (Lipinski definition) is 5. The highest BCUT2D eigenvalue weighted by Crippen LogP contribution is 2.27. The summed E-state index contributed by atoms with van der Waals surface area (Å²) in [5.41, 5.74) is 6.92. The van der Waals surface area contributed by atoms with Crippen LogP contribution in [0.3, 0.4) is 0 Å². The van der Waals surface area contributed by atoms with E-state index in [1.807, 2.05) is 24.3 Å². The number of aromatic nitrogens is 2. The highest BCUT2D eigenvalue weighted by Gasteiger charge is 2.11. The van der Waals surface area contributed by atoms with Gasteiger partial charge in [-0.05, 0) is 23.8 Å². The highest BCUT2D eigenvalue weighted by atomic mass is 35.5. The summed E-state index contributed by atoms with van der Waals surface area (Å²) in [6, 6.07) is 4.76. The fraction of sp³-hybridized carbons (Fsp3) is 0.0588. The van der Waals surface area contributed by atoms with E-state index in [2.05, 4.69) is 20.6 Å². The van der Waals surface area contributed by atoms with Crippen LogP contribution in [-0.4, -0.2) is 16.0 Å². The Morgan fingerprint density at radius 1 is 1.16 bits per heavy atom. The van der Waals surface area contributed by atoms with Crippen molar-refractivity contribution in [3.05, 3.63) is 76.3 Å². The fourth-order valence-electron chi connectivity index (χ4n) is 2.14. The minimum atomic E-state index is -0.584. The van der Waals surface area contributed by atoms with Crippen molar-refractivity contribution in [3.8, 4) is 0 Å². The molecule has 0 amide bonds. The number of rotatable bonds is 4. The quantitative estimate of drug-likeness (QED) is 0.735. The summed E-state index contributed by atoms with van der Waals surface area (Å²) < 4.78 is 14.0. The average molecular weight is 378 g/mol. The van der Waals surface area contributed by atoms with E-state index in [4.69, 9.17) is 28.9 Å². The Balaban J connectivity index is 1.76. The number of nitrogens with two attached hydrogens (primary N) is 1. The maximum atomic E-state index is 14.0. The average Bonchev–Trinajstić information content (AvgIpc) is 2.62. The van der Waals surface area contributed by atoms with Gasteiger partial charge in [-0.25, -0.2) is 9.37 Å². The molecule has 0 saturated heterocycles. The number of anilines is 3. The first-order chi connectivity index (χ1) is 12.0. The molecule has 3 rings (SSSR count). The van der Waals surface area contributed by atoms with Crippen LogP contribution in [0, 0.1) is 5.82 Å². The third-order valence-electron chi connectivity index (χ3n) is 3.41. The van der Waals surface area contributed by atoms with Gasteiger partial charge >= 0.3 is 0 Å². The molecule has 0 saturated carbocycles. The molecule has 4 N–H and O–H groups in total. The summed E-state index contributed by atoms with van der Waals surface area (Å²) in [5.74, 6) is -0.273. The van der Waals surface area contributed by atoms with Crippen molar-refractivity contribution in [3.63, 3.8) is 0 Å². The minimum absolute atomic E-state index is 0.0298. The Morgan fingerprint density at radius 3 is 2.60 bits per heavy atom. The zero-order valence-electron chi connectivity index (χ0n) is 12.9. The molecule has 1 aliphatic rings. The van der Waals surface area contributed by atoms with Crippen molar-refractivity contribution in [2.75, 3.05) is 10.6 Å². The number of halogens is 3. The molecule has 8 heteroatoms. The first-order valence-corrected chi connectivity index (χ1v) is 8.10. The van der Waals surface area contributed by atoms with Crippen LogP contribution in [0.15, 0.2) is 60.5 Å². The molecule has 0 atom stereocenters. The molecule has 0 spiro atoms. The zero-order chi connectivity index (χ0) is 17.8. The molecule has 128 valence electrons. The number of hydrogen-bond donors (Lipinski definition) is 3. The molecule has 0 bridgehead atoms. The van der Waals surface area contributed by atoms with E-state index in [1.54, 1.807) is 18.2 Å². The maximum Gasteiger partial charge on any atom is 0.225 e. The van der Waals surface area contributed by atoms with Gasteiger partial charge in [0.05, 0.1) is 22.3 Å². The molecule has 1 aliphatic carbocycles. The predicted molar refractivity (Wildman–Crippen MR) is 99.7 cm³/mol. The van der Waals surface area contributed by atoms with Crippen LogP contribution in [0.2, 0.25) is 10.0 Å². The van der Waals surface area contributed by atoms with E-state index in [0.29, 0.717) is 15.7 Å². The molecule has 0 unspecified atom stereocenters. The van der Waals surface area contributed by atoms with E-state index in [0.717, 1.165) is 11.8 Å². The minimum Gasteiger partial charge on any atom is -0.404 e. The third kappa shape index (κ3) is 4.29. The Hall–Kier alpha value is -2.57.